The van der Waals surface area contributed by atoms with Crippen molar-refractivity contribution >= 4 is 6.29 Å². The minimum absolute atomic E-state index is 0.203. The lowest BCUT2D eigenvalue weighted by Gasteiger charge is -2.30. The van der Waals surface area contributed by atoms with Crippen molar-refractivity contribution in [2.45, 2.75) is 18.9 Å². The molecule has 1 atom stereocenters. The van der Waals surface area contributed by atoms with E-state index in [0.717, 1.165) is 17.4 Å². The molecule has 2 rings (SSSR count). The predicted molar refractivity (Wildman–Crippen MR) is 75.7 cm³/mol. The van der Waals surface area contributed by atoms with Gasteiger partial charge in [0.15, 0.2) is 0 Å². The summed E-state index contributed by atoms with van der Waals surface area (Å²) in [5.74, 6) is -0.203. The summed E-state index contributed by atoms with van der Waals surface area (Å²) in [5.41, 5.74) is 0.507. The molecule has 0 bridgehead atoms. The van der Waals surface area contributed by atoms with E-state index in [9.17, 15) is 9.90 Å². The van der Waals surface area contributed by atoms with Gasteiger partial charge in [-0.3, -0.25) is 0 Å². The molecular formula is C17H18O2. The normalized spacial score (nSPS) is 12.9. The van der Waals surface area contributed by atoms with E-state index in [1.165, 1.54) is 0 Å². The molecule has 1 N–H and O–H groups in total. The average molecular weight is 254 g/mol. The maximum atomic E-state index is 11.1. The van der Waals surface area contributed by atoms with Gasteiger partial charge in [-0.25, -0.2) is 0 Å². The van der Waals surface area contributed by atoms with Crippen LogP contribution >= 0.6 is 0 Å². The van der Waals surface area contributed by atoms with E-state index in [-0.39, 0.29) is 5.92 Å². The number of aldehydes is 1. The van der Waals surface area contributed by atoms with Gasteiger partial charge in [-0.05, 0) is 17.5 Å². The molecule has 0 spiro atoms. The number of hydrogen-bond acceptors (Lipinski definition) is 2. The van der Waals surface area contributed by atoms with Crippen LogP contribution in [0.2, 0.25) is 0 Å². The molecular weight excluding hydrogens is 236 g/mol. The zero-order valence-electron chi connectivity index (χ0n) is 11.0. The highest BCUT2D eigenvalue weighted by atomic mass is 16.3. The van der Waals surface area contributed by atoms with E-state index in [1.54, 1.807) is 0 Å². The van der Waals surface area contributed by atoms with Crippen molar-refractivity contribution in [3.05, 3.63) is 71.8 Å². The summed E-state index contributed by atoms with van der Waals surface area (Å²) in [4.78, 5) is 10.9. The Bertz CT molecular complexity index is 480. The molecule has 1 unspecified atom stereocenters. The number of benzene rings is 2. The zero-order chi connectivity index (χ0) is 13.7. The Morgan fingerprint density at radius 2 is 1.42 bits per heavy atom. The smallest absolute Gasteiger partial charge is 0.122 e. The van der Waals surface area contributed by atoms with E-state index in [2.05, 4.69) is 0 Å². The van der Waals surface area contributed by atoms with Gasteiger partial charge in [0, 0.05) is 5.92 Å². The van der Waals surface area contributed by atoms with Gasteiger partial charge in [0.1, 0.15) is 11.9 Å². The third-order valence-electron chi connectivity index (χ3n) is 3.35. The minimum atomic E-state index is -1.12. The zero-order valence-corrected chi connectivity index (χ0v) is 11.0. The summed E-state index contributed by atoms with van der Waals surface area (Å²) in [6.07, 6.45) is 1.27. The maximum Gasteiger partial charge on any atom is 0.122 e. The van der Waals surface area contributed by atoms with Crippen LogP contribution < -0.4 is 0 Å². The standard InChI is InChI=1S/C17H18O2/c1-14(13-18)12-17(19,15-8-4-2-5-9-15)16-10-6-3-7-11-16/h2-11,13-14,19H,12H2,1H3. The number of hydrogen-bond donors (Lipinski definition) is 1. The first kappa shape index (κ1) is 13.5. The van der Waals surface area contributed by atoms with Crippen molar-refractivity contribution in [3.8, 4) is 0 Å². The Kier molecular flexibility index (Phi) is 4.13. The number of rotatable bonds is 5. The molecule has 0 saturated carbocycles. The number of carbonyl (C=O) groups excluding carboxylic acids is 1. The first-order valence-electron chi connectivity index (χ1n) is 6.45. The molecule has 0 fully saturated rings. The summed E-state index contributed by atoms with van der Waals surface area (Å²) in [5, 5.41) is 11.1. The van der Waals surface area contributed by atoms with Crippen LogP contribution in [0.1, 0.15) is 24.5 Å². The average Bonchev–Trinajstić information content (AvgIpc) is 2.48. The fraction of sp³-hybridized carbons (Fsp3) is 0.235. The Balaban J connectivity index is 2.47. The summed E-state index contributed by atoms with van der Waals surface area (Å²) < 4.78 is 0. The van der Waals surface area contributed by atoms with Gasteiger partial charge in [-0.15, -0.1) is 0 Å². The molecule has 0 aliphatic rings. The van der Waals surface area contributed by atoms with Crippen molar-refractivity contribution < 1.29 is 9.90 Å². The van der Waals surface area contributed by atoms with Gasteiger partial charge in [0.25, 0.3) is 0 Å². The Morgan fingerprint density at radius 3 is 1.79 bits per heavy atom. The molecule has 2 aromatic carbocycles. The van der Waals surface area contributed by atoms with Crippen molar-refractivity contribution in [2.24, 2.45) is 5.92 Å². The largest absolute Gasteiger partial charge is 0.380 e. The summed E-state index contributed by atoms with van der Waals surface area (Å²) in [6, 6.07) is 19.0. The van der Waals surface area contributed by atoms with Crippen LogP contribution in [0.25, 0.3) is 0 Å². The van der Waals surface area contributed by atoms with Gasteiger partial charge in [-0.1, -0.05) is 67.6 Å². The lowest BCUT2D eigenvalue weighted by molar-refractivity contribution is -0.112. The molecule has 2 nitrogen and oxygen atoms in total. The van der Waals surface area contributed by atoms with E-state index in [4.69, 9.17) is 0 Å². The first-order chi connectivity index (χ1) is 9.16. The molecule has 2 heteroatoms. The molecule has 0 radical (unpaired) electrons. The fourth-order valence-corrected chi connectivity index (χ4v) is 2.34. The number of carbonyl (C=O) groups is 1. The van der Waals surface area contributed by atoms with E-state index in [1.807, 2.05) is 67.6 Å². The van der Waals surface area contributed by atoms with Crippen LogP contribution in [0.3, 0.4) is 0 Å². The third kappa shape index (κ3) is 2.91. The van der Waals surface area contributed by atoms with Gasteiger partial charge in [-0.2, -0.15) is 0 Å². The summed E-state index contributed by atoms with van der Waals surface area (Å²) in [7, 11) is 0. The van der Waals surface area contributed by atoms with Crippen molar-refractivity contribution in [1.82, 2.24) is 0 Å². The van der Waals surface area contributed by atoms with E-state index >= 15 is 0 Å². The van der Waals surface area contributed by atoms with Crippen LogP contribution in [-0.2, 0) is 10.4 Å². The highest BCUT2D eigenvalue weighted by Gasteiger charge is 2.32. The topological polar surface area (TPSA) is 37.3 Å². The van der Waals surface area contributed by atoms with Crippen LogP contribution in [0.15, 0.2) is 60.7 Å². The third-order valence-corrected chi connectivity index (χ3v) is 3.35. The number of aliphatic hydroxyl groups is 1. The predicted octanol–water partition coefficient (Wildman–Crippen LogP) is 3.15. The van der Waals surface area contributed by atoms with Gasteiger partial charge < -0.3 is 9.90 Å². The van der Waals surface area contributed by atoms with Gasteiger partial charge in [0.05, 0.1) is 0 Å². The quantitative estimate of drug-likeness (QED) is 0.832. The lowest BCUT2D eigenvalue weighted by atomic mass is 9.80. The Labute approximate surface area is 113 Å². The second kappa shape index (κ2) is 5.81. The monoisotopic (exact) mass is 254 g/mol. The Hall–Kier alpha value is -1.93. The van der Waals surface area contributed by atoms with Crippen molar-refractivity contribution in [1.29, 1.82) is 0 Å². The van der Waals surface area contributed by atoms with Crippen LogP contribution in [0, 0.1) is 5.92 Å². The summed E-state index contributed by atoms with van der Waals surface area (Å²) in [6.45, 7) is 1.82. The maximum absolute atomic E-state index is 11.1. The molecule has 0 amide bonds. The highest BCUT2D eigenvalue weighted by molar-refractivity contribution is 5.53. The van der Waals surface area contributed by atoms with E-state index in [0.29, 0.717) is 6.42 Å². The molecule has 0 aromatic heterocycles. The van der Waals surface area contributed by atoms with Crippen LogP contribution in [0.5, 0.6) is 0 Å². The Morgan fingerprint density at radius 1 is 1.00 bits per heavy atom. The molecule has 0 aliphatic heterocycles. The van der Waals surface area contributed by atoms with Crippen molar-refractivity contribution in [2.75, 3.05) is 0 Å². The molecule has 0 aliphatic carbocycles. The van der Waals surface area contributed by atoms with Gasteiger partial charge >= 0.3 is 0 Å². The second-order valence-electron chi connectivity index (χ2n) is 4.91. The van der Waals surface area contributed by atoms with E-state index < -0.39 is 5.60 Å². The first-order valence-corrected chi connectivity index (χ1v) is 6.45. The fourth-order valence-electron chi connectivity index (χ4n) is 2.34. The van der Waals surface area contributed by atoms with Crippen LogP contribution in [0.4, 0.5) is 0 Å². The highest BCUT2D eigenvalue weighted by Crippen LogP contribution is 2.35. The van der Waals surface area contributed by atoms with Crippen LogP contribution in [-0.4, -0.2) is 11.4 Å². The molecule has 98 valence electrons. The second-order valence-corrected chi connectivity index (χ2v) is 4.91. The SMILES string of the molecule is CC(C=O)CC(O)(c1ccccc1)c1ccccc1. The molecule has 0 heterocycles. The molecule has 19 heavy (non-hydrogen) atoms. The van der Waals surface area contributed by atoms with Crippen molar-refractivity contribution in [3.63, 3.8) is 0 Å². The molecule has 0 saturated heterocycles. The van der Waals surface area contributed by atoms with Gasteiger partial charge in [0.2, 0.25) is 0 Å². The molecule has 2 aromatic rings. The minimum Gasteiger partial charge on any atom is -0.380 e. The summed E-state index contributed by atoms with van der Waals surface area (Å²) >= 11 is 0. The lowest BCUT2D eigenvalue weighted by Crippen LogP contribution is -2.30.